The van der Waals surface area contributed by atoms with Crippen LogP contribution in [0, 0.1) is 0 Å². The predicted octanol–water partition coefficient (Wildman–Crippen LogP) is 3.46. The van der Waals surface area contributed by atoms with E-state index in [-0.39, 0.29) is 24.5 Å². The SMILES string of the molecule is C1=CCC1.CC=C(C)C(N)=O.CCC[N+](C)(C)C.Cl.N. The lowest BCUT2D eigenvalue weighted by Gasteiger charge is -2.22. The fraction of sp³-hybridized carbons (Fsp3) is 0.667. The molecule has 5 N–H and O–H groups in total. The summed E-state index contributed by atoms with van der Waals surface area (Å²) >= 11 is 0. The summed E-state index contributed by atoms with van der Waals surface area (Å²) in [7, 11) is 6.64. The van der Waals surface area contributed by atoms with Crippen LogP contribution in [0.25, 0.3) is 0 Å². The molecule has 0 aliphatic heterocycles. The smallest absolute Gasteiger partial charge is 0.243 e. The molecule has 0 fully saturated rings. The Bertz CT molecular complexity index is 275. The number of carbonyl (C=O) groups is 1. The number of hydrogen-bond donors (Lipinski definition) is 2. The van der Waals surface area contributed by atoms with Crippen molar-refractivity contribution in [3.05, 3.63) is 23.8 Å². The number of hydrogen-bond acceptors (Lipinski definition) is 2. The van der Waals surface area contributed by atoms with Gasteiger partial charge < -0.3 is 16.4 Å². The summed E-state index contributed by atoms with van der Waals surface area (Å²) in [5.74, 6) is -0.345. The number of amides is 1. The molecule has 0 aromatic carbocycles. The summed E-state index contributed by atoms with van der Waals surface area (Å²) in [5, 5.41) is 0. The number of halogens is 1. The summed E-state index contributed by atoms with van der Waals surface area (Å²) in [6.45, 7) is 6.95. The van der Waals surface area contributed by atoms with Crippen molar-refractivity contribution in [2.75, 3.05) is 27.7 Å². The minimum atomic E-state index is -0.345. The highest BCUT2D eigenvalue weighted by Gasteiger charge is 2.01. The van der Waals surface area contributed by atoms with Crippen molar-refractivity contribution in [3.63, 3.8) is 0 Å². The lowest BCUT2D eigenvalue weighted by Crippen LogP contribution is -2.34. The fourth-order valence-corrected chi connectivity index (χ4v) is 0.980. The molecule has 1 rings (SSSR count). The van der Waals surface area contributed by atoms with Crippen LogP contribution in [0.5, 0.6) is 0 Å². The van der Waals surface area contributed by atoms with Crippen LogP contribution in [0.2, 0.25) is 0 Å². The highest BCUT2D eigenvalue weighted by atomic mass is 35.5. The molecule has 1 aliphatic carbocycles. The van der Waals surface area contributed by atoms with E-state index in [1.807, 2.05) is 0 Å². The van der Waals surface area contributed by atoms with E-state index in [2.05, 4.69) is 40.2 Å². The van der Waals surface area contributed by atoms with Crippen LogP contribution in [0.3, 0.4) is 0 Å². The van der Waals surface area contributed by atoms with Crippen LogP contribution >= 0.6 is 12.4 Å². The Morgan fingerprint density at radius 3 is 1.60 bits per heavy atom. The van der Waals surface area contributed by atoms with Crippen LogP contribution in [0.4, 0.5) is 0 Å². The Labute approximate surface area is 131 Å². The molecular weight excluding hydrogens is 274 g/mol. The number of quaternary nitrogens is 1. The van der Waals surface area contributed by atoms with Gasteiger partial charge in [-0.25, -0.2) is 0 Å². The summed E-state index contributed by atoms with van der Waals surface area (Å²) in [4.78, 5) is 10.1. The van der Waals surface area contributed by atoms with Gasteiger partial charge in [0.1, 0.15) is 0 Å². The van der Waals surface area contributed by atoms with Gasteiger partial charge in [0.05, 0.1) is 27.7 Å². The zero-order valence-corrected chi connectivity index (χ0v) is 14.9. The molecule has 0 radical (unpaired) electrons. The first kappa shape index (κ1) is 27.5. The first-order chi connectivity index (χ1) is 8.24. The fourth-order valence-electron chi connectivity index (χ4n) is 0.980. The maximum Gasteiger partial charge on any atom is 0.243 e. The van der Waals surface area contributed by atoms with E-state index in [9.17, 15) is 4.79 Å². The monoisotopic (exact) mass is 308 g/mol. The quantitative estimate of drug-likeness (QED) is 0.476. The Balaban J connectivity index is -0.0000000938. The molecule has 4 nitrogen and oxygen atoms in total. The average Bonchev–Trinajstić information content (AvgIpc) is 2.12. The van der Waals surface area contributed by atoms with Crippen molar-refractivity contribution in [2.24, 2.45) is 5.73 Å². The van der Waals surface area contributed by atoms with Crippen LogP contribution in [0.1, 0.15) is 40.0 Å². The van der Waals surface area contributed by atoms with Gasteiger partial charge in [-0.15, -0.1) is 12.4 Å². The van der Waals surface area contributed by atoms with E-state index in [0.29, 0.717) is 5.57 Å². The van der Waals surface area contributed by atoms with Crippen LogP contribution in [0.15, 0.2) is 23.8 Å². The molecule has 5 heteroatoms. The first-order valence-electron chi connectivity index (χ1n) is 6.62. The Morgan fingerprint density at radius 2 is 1.60 bits per heavy atom. The van der Waals surface area contributed by atoms with Crippen molar-refractivity contribution in [3.8, 4) is 0 Å². The molecule has 1 aliphatic rings. The van der Waals surface area contributed by atoms with E-state index in [4.69, 9.17) is 5.73 Å². The molecule has 0 saturated heterocycles. The number of nitrogens with two attached hydrogens (primary N) is 1. The summed E-state index contributed by atoms with van der Waals surface area (Å²) in [5.41, 5.74) is 5.45. The zero-order valence-electron chi connectivity index (χ0n) is 14.1. The number of rotatable bonds is 3. The average molecular weight is 309 g/mol. The normalized spacial score (nSPS) is 12.2. The molecular formula is C15H35ClN3O+. The third kappa shape index (κ3) is 25.9. The molecule has 1 amide bonds. The standard InChI is InChI=1S/C6H16N.C5H9NO.C4H6.ClH.H3N/c1-5-6-7(2,3)4;1-3-4(2)5(6)7;1-2-4-3-1;;/h5-6H2,1-4H3;3H,1-2H3,(H2,6,7);1-2H,3-4H2;1H;1H3/q+1;;;;. The van der Waals surface area contributed by atoms with Crippen LogP contribution in [-0.4, -0.2) is 38.1 Å². The van der Waals surface area contributed by atoms with Gasteiger partial charge in [-0.3, -0.25) is 4.79 Å². The van der Waals surface area contributed by atoms with Gasteiger partial charge in [-0.2, -0.15) is 0 Å². The van der Waals surface area contributed by atoms with Gasteiger partial charge in [0.15, 0.2) is 0 Å². The van der Waals surface area contributed by atoms with Gasteiger partial charge >= 0.3 is 0 Å². The predicted molar refractivity (Wildman–Crippen MR) is 92.5 cm³/mol. The van der Waals surface area contributed by atoms with Crippen molar-refractivity contribution in [1.29, 1.82) is 0 Å². The first-order valence-corrected chi connectivity index (χ1v) is 6.62. The Kier molecular flexibility index (Phi) is 22.3. The van der Waals surface area contributed by atoms with Gasteiger partial charge in [0.2, 0.25) is 5.91 Å². The Hall–Kier alpha value is -0.840. The number of allylic oxidation sites excluding steroid dienone is 3. The largest absolute Gasteiger partial charge is 0.366 e. The Morgan fingerprint density at radius 1 is 1.25 bits per heavy atom. The van der Waals surface area contributed by atoms with E-state index < -0.39 is 0 Å². The molecule has 0 atom stereocenters. The molecule has 0 unspecified atom stereocenters. The lowest BCUT2D eigenvalue weighted by molar-refractivity contribution is -0.870. The van der Waals surface area contributed by atoms with Crippen molar-refractivity contribution in [2.45, 2.75) is 40.0 Å². The third-order valence-corrected chi connectivity index (χ3v) is 2.38. The van der Waals surface area contributed by atoms with Gasteiger partial charge in [-0.05, 0) is 33.1 Å². The molecule has 122 valence electrons. The summed E-state index contributed by atoms with van der Waals surface area (Å²) < 4.78 is 1.09. The maximum absolute atomic E-state index is 10.1. The summed E-state index contributed by atoms with van der Waals surface area (Å²) in [6, 6.07) is 0. The van der Waals surface area contributed by atoms with Crippen molar-refractivity contribution < 1.29 is 9.28 Å². The lowest BCUT2D eigenvalue weighted by atomic mass is 10.1. The summed E-state index contributed by atoms with van der Waals surface area (Å²) in [6.07, 6.45) is 9.96. The number of carbonyl (C=O) groups excluding carboxylic acids is 1. The van der Waals surface area contributed by atoms with Gasteiger partial charge in [-0.1, -0.05) is 25.2 Å². The topological polar surface area (TPSA) is 78.1 Å². The second-order valence-corrected chi connectivity index (χ2v) is 5.40. The minimum Gasteiger partial charge on any atom is -0.366 e. The number of primary amides is 1. The zero-order chi connectivity index (χ0) is 14.6. The van der Waals surface area contributed by atoms with Gasteiger partial charge in [0.25, 0.3) is 0 Å². The van der Waals surface area contributed by atoms with E-state index >= 15 is 0 Å². The molecule has 0 saturated carbocycles. The second kappa shape index (κ2) is 16.2. The van der Waals surface area contributed by atoms with Crippen molar-refractivity contribution in [1.82, 2.24) is 6.15 Å². The third-order valence-electron chi connectivity index (χ3n) is 2.38. The molecule has 0 heterocycles. The highest BCUT2D eigenvalue weighted by molar-refractivity contribution is 5.91. The van der Waals surface area contributed by atoms with E-state index in [1.54, 1.807) is 19.9 Å². The number of nitrogens with zero attached hydrogens (tertiary/aromatic N) is 1. The molecule has 0 bridgehead atoms. The molecule has 0 aromatic rings. The minimum absolute atomic E-state index is 0. The maximum atomic E-state index is 10.1. The molecule has 0 spiro atoms. The van der Waals surface area contributed by atoms with E-state index in [0.717, 1.165) is 4.48 Å². The highest BCUT2D eigenvalue weighted by Crippen LogP contribution is 2.01. The van der Waals surface area contributed by atoms with Gasteiger partial charge in [0, 0.05) is 5.57 Å². The molecule has 0 aromatic heterocycles. The second-order valence-electron chi connectivity index (χ2n) is 5.40. The van der Waals surface area contributed by atoms with E-state index in [1.165, 1.54) is 25.8 Å². The van der Waals surface area contributed by atoms with Crippen molar-refractivity contribution >= 4 is 18.3 Å². The van der Waals surface area contributed by atoms with Crippen LogP contribution in [-0.2, 0) is 4.79 Å². The molecule has 20 heavy (non-hydrogen) atoms. The van der Waals surface area contributed by atoms with Crippen LogP contribution < -0.4 is 11.9 Å².